The Morgan fingerprint density at radius 2 is 1.90 bits per heavy atom. The summed E-state index contributed by atoms with van der Waals surface area (Å²) >= 11 is 0. The number of carbonyl (C=O) groups is 1. The van der Waals surface area contributed by atoms with Gasteiger partial charge in [0.05, 0.1) is 6.54 Å². The average molecular weight is 298 g/mol. The summed E-state index contributed by atoms with van der Waals surface area (Å²) in [5.74, 6) is 0.0553. The van der Waals surface area contributed by atoms with E-state index in [1.54, 1.807) is 0 Å². The molecule has 0 aliphatic carbocycles. The van der Waals surface area contributed by atoms with E-state index in [-0.39, 0.29) is 18.3 Å². The zero-order chi connectivity index (χ0) is 13.7. The number of anilines is 1. The highest BCUT2D eigenvalue weighted by Crippen LogP contribution is 2.11. The number of piperidine rings is 1. The molecule has 0 bridgehead atoms. The lowest BCUT2D eigenvalue weighted by Gasteiger charge is -2.29. The van der Waals surface area contributed by atoms with Crippen molar-refractivity contribution in [3.63, 3.8) is 0 Å². The summed E-state index contributed by atoms with van der Waals surface area (Å²) in [7, 11) is 0. The predicted octanol–water partition coefficient (Wildman–Crippen LogP) is 2.03. The van der Waals surface area contributed by atoms with Gasteiger partial charge in [0.1, 0.15) is 0 Å². The van der Waals surface area contributed by atoms with Crippen molar-refractivity contribution in [3.05, 3.63) is 29.8 Å². The van der Waals surface area contributed by atoms with Gasteiger partial charge in [-0.1, -0.05) is 19.1 Å². The summed E-state index contributed by atoms with van der Waals surface area (Å²) in [5.41, 5.74) is 8.00. The molecule has 0 saturated carbocycles. The summed E-state index contributed by atoms with van der Waals surface area (Å²) in [5, 5.41) is 2.94. The summed E-state index contributed by atoms with van der Waals surface area (Å²) in [4.78, 5) is 14.1. The molecule has 3 N–H and O–H groups in total. The van der Waals surface area contributed by atoms with Gasteiger partial charge in [-0.2, -0.15) is 0 Å². The first kappa shape index (κ1) is 17.0. The number of hydrogen-bond acceptors (Lipinski definition) is 3. The molecule has 0 aromatic heterocycles. The molecule has 1 fully saturated rings. The van der Waals surface area contributed by atoms with Crippen LogP contribution in [0.15, 0.2) is 24.3 Å². The zero-order valence-electron chi connectivity index (χ0n) is 12.0. The second-order valence-electron chi connectivity index (χ2n) is 5.21. The fourth-order valence-electron chi connectivity index (χ4n) is 2.34. The third-order valence-corrected chi connectivity index (χ3v) is 3.65. The quantitative estimate of drug-likeness (QED) is 0.894. The maximum Gasteiger partial charge on any atom is 0.238 e. The van der Waals surface area contributed by atoms with Crippen LogP contribution in [0.5, 0.6) is 0 Å². The molecule has 2 rings (SSSR count). The fourth-order valence-corrected chi connectivity index (χ4v) is 2.34. The standard InChI is InChI=1S/C15H23N3O.ClH/c1-2-12-3-5-14(6-4-12)17-15(19)11-18-9-7-13(16)8-10-18;/h3-6,13H,2,7-11,16H2,1H3,(H,17,19);1H. The van der Waals surface area contributed by atoms with E-state index in [2.05, 4.69) is 29.3 Å². The molecular weight excluding hydrogens is 274 g/mol. The maximum atomic E-state index is 11.9. The van der Waals surface area contributed by atoms with E-state index >= 15 is 0 Å². The second kappa shape index (κ2) is 8.25. The molecule has 4 nitrogen and oxygen atoms in total. The van der Waals surface area contributed by atoms with Crippen molar-refractivity contribution in [2.24, 2.45) is 5.73 Å². The highest BCUT2D eigenvalue weighted by Gasteiger charge is 2.18. The van der Waals surface area contributed by atoms with Crippen LogP contribution < -0.4 is 11.1 Å². The van der Waals surface area contributed by atoms with Gasteiger partial charge in [-0.3, -0.25) is 9.69 Å². The topological polar surface area (TPSA) is 58.4 Å². The Hall–Kier alpha value is -1.10. The number of carbonyl (C=O) groups excluding carboxylic acids is 1. The lowest BCUT2D eigenvalue weighted by atomic mass is 10.1. The number of nitrogens with two attached hydrogens (primary N) is 1. The number of aryl methyl sites for hydroxylation is 1. The van der Waals surface area contributed by atoms with Gasteiger partial charge in [0.15, 0.2) is 0 Å². The number of benzene rings is 1. The van der Waals surface area contributed by atoms with Crippen LogP contribution in [0.25, 0.3) is 0 Å². The van der Waals surface area contributed by atoms with Gasteiger partial charge < -0.3 is 11.1 Å². The highest BCUT2D eigenvalue weighted by atomic mass is 35.5. The molecular formula is C15H24ClN3O. The molecule has 1 saturated heterocycles. The van der Waals surface area contributed by atoms with E-state index in [4.69, 9.17) is 5.73 Å². The summed E-state index contributed by atoms with van der Waals surface area (Å²) in [6, 6.07) is 8.33. The molecule has 1 amide bonds. The van der Waals surface area contributed by atoms with Crippen molar-refractivity contribution < 1.29 is 4.79 Å². The van der Waals surface area contributed by atoms with Crippen LogP contribution in [0.3, 0.4) is 0 Å². The Morgan fingerprint density at radius 3 is 2.45 bits per heavy atom. The molecule has 0 atom stereocenters. The van der Waals surface area contributed by atoms with Gasteiger partial charge in [0.25, 0.3) is 0 Å². The summed E-state index contributed by atoms with van der Waals surface area (Å²) in [6.07, 6.45) is 2.99. The normalized spacial score (nSPS) is 16.5. The largest absolute Gasteiger partial charge is 0.328 e. The minimum Gasteiger partial charge on any atom is -0.328 e. The van der Waals surface area contributed by atoms with Gasteiger partial charge in [-0.15, -0.1) is 12.4 Å². The molecule has 0 unspecified atom stereocenters. The number of rotatable bonds is 4. The van der Waals surface area contributed by atoms with Crippen molar-refractivity contribution in [3.8, 4) is 0 Å². The maximum absolute atomic E-state index is 11.9. The van der Waals surface area contributed by atoms with Crippen LogP contribution in [-0.2, 0) is 11.2 Å². The van der Waals surface area contributed by atoms with E-state index < -0.39 is 0 Å². The monoisotopic (exact) mass is 297 g/mol. The Morgan fingerprint density at radius 1 is 1.30 bits per heavy atom. The summed E-state index contributed by atoms with van der Waals surface area (Å²) < 4.78 is 0. The van der Waals surface area contributed by atoms with Gasteiger partial charge in [-0.25, -0.2) is 0 Å². The SMILES string of the molecule is CCc1ccc(NC(=O)CN2CCC(N)CC2)cc1.Cl. The molecule has 1 aromatic carbocycles. The highest BCUT2D eigenvalue weighted by molar-refractivity contribution is 5.92. The third-order valence-electron chi connectivity index (χ3n) is 3.65. The average Bonchev–Trinajstić information content (AvgIpc) is 2.42. The molecule has 0 spiro atoms. The van der Waals surface area contributed by atoms with E-state index in [9.17, 15) is 4.79 Å². The Bertz CT molecular complexity index is 414. The van der Waals surface area contributed by atoms with Crippen molar-refractivity contribution in [2.75, 3.05) is 25.0 Å². The lowest BCUT2D eigenvalue weighted by Crippen LogP contribution is -2.43. The Balaban J connectivity index is 0.00000200. The first-order chi connectivity index (χ1) is 9.17. The number of likely N-dealkylation sites (tertiary alicyclic amines) is 1. The van der Waals surface area contributed by atoms with Gasteiger partial charge >= 0.3 is 0 Å². The Kier molecular flexibility index (Phi) is 6.99. The third kappa shape index (κ3) is 5.12. The van der Waals surface area contributed by atoms with Crippen molar-refractivity contribution in [1.29, 1.82) is 0 Å². The number of halogens is 1. The fraction of sp³-hybridized carbons (Fsp3) is 0.533. The minimum atomic E-state index is 0. The predicted molar refractivity (Wildman–Crippen MR) is 85.3 cm³/mol. The van der Waals surface area contributed by atoms with E-state index in [1.165, 1.54) is 5.56 Å². The number of nitrogens with zero attached hydrogens (tertiary/aromatic N) is 1. The number of amides is 1. The molecule has 1 aliphatic rings. The van der Waals surface area contributed by atoms with Gasteiger partial charge in [0, 0.05) is 24.8 Å². The minimum absolute atomic E-state index is 0. The Labute approximate surface area is 127 Å². The van der Waals surface area contributed by atoms with Crippen LogP contribution >= 0.6 is 12.4 Å². The van der Waals surface area contributed by atoms with Crippen molar-refractivity contribution in [2.45, 2.75) is 32.2 Å². The van der Waals surface area contributed by atoms with Crippen LogP contribution in [0.1, 0.15) is 25.3 Å². The van der Waals surface area contributed by atoms with Crippen LogP contribution in [0, 0.1) is 0 Å². The molecule has 112 valence electrons. The summed E-state index contributed by atoms with van der Waals surface area (Å²) in [6.45, 7) is 4.42. The number of hydrogen-bond donors (Lipinski definition) is 2. The van der Waals surface area contributed by atoms with Gasteiger partial charge in [0.2, 0.25) is 5.91 Å². The molecule has 1 aromatic rings. The van der Waals surface area contributed by atoms with Crippen LogP contribution in [0.4, 0.5) is 5.69 Å². The van der Waals surface area contributed by atoms with Crippen molar-refractivity contribution in [1.82, 2.24) is 4.90 Å². The van der Waals surface area contributed by atoms with Gasteiger partial charge in [-0.05, 0) is 37.0 Å². The van der Waals surface area contributed by atoms with Crippen molar-refractivity contribution >= 4 is 24.0 Å². The zero-order valence-corrected chi connectivity index (χ0v) is 12.8. The molecule has 5 heteroatoms. The molecule has 0 radical (unpaired) electrons. The number of nitrogens with one attached hydrogen (secondary N) is 1. The van der Waals surface area contributed by atoms with Crippen LogP contribution in [-0.4, -0.2) is 36.5 Å². The van der Waals surface area contributed by atoms with E-state index in [0.717, 1.165) is 38.0 Å². The first-order valence-corrected chi connectivity index (χ1v) is 7.04. The molecule has 1 heterocycles. The van der Waals surface area contributed by atoms with E-state index in [0.29, 0.717) is 12.6 Å². The smallest absolute Gasteiger partial charge is 0.238 e. The van der Waals surface area contributed by atoms with Crippen LogP contribution in [0.2, 0.25) is 0 Å². The molecule has 20 heavy (non-hydrogen) atoms. The van der Waals surface area contributed by atoms with E-state index in [1.807, 2.05) is 12.1 Å². The first-order valence-electron chi connectivity index (χ1n) is 7.04. The molecule has 1 aliphatic heterocycles. The second-order valence-corrected chi connectivity index (χ2v) is 5.21. The lowest BCUT2D eigenvalue weighted by molar-refractivity contribution is -0.117.